The van der Waals surface area contributed by atoms with E-state index < -0.39 is 5.91 Å². The van der Waals surface area contributed by atoms with Crippen molar-refractivity contribution in [1.82, 2.24) is 30.4 Å². The number of nitrogens with zero attached hydrogens (tertiary/aromatic N) is 5. The second-order valence-electron chi connectivity index (χ2n) is 3.02. The van der Waals surface area contributed by atoms with Crippen molar-refractivity contribution in [3.63, 3.8) is 0 Å². The largest absolute Gasteiger partial charge is 0.379 e. The molecule has 9 heteroatoms. The fraction of sp³-hybridized carbons (Fsp3) is 0.286. The molecule has 0 saturated heterocycles. The normalized spacial score (nSPS) is 10.3. The molecule has 2 rings (SSSR count). The number of amides is 1. The first kappa shape index (κ1) is 10.1. The zero-order chi connectivity index (χ0) is 11.5. The zero-order valence-electron chi connectivity index (χ0n) is 8.41. The van der Waals surface area contributed by atoms with E-state index in [2.05, 4.69) is 30.3 Å². The van der Waals surface area contributed by atoms with Crippen LogP contribution in [0.5, 0.6) is 0 Å². The van der Waals surface area contributed by atoms with Crippen LogP contribution in [0.15, 0.2) is 11.0 Å². The lowest BCUT2D eigenvalue weighted by Gasteiger charge is -1.98. The summed E-state index contributed by atoms with van der Waals surface area (Å²) in [5.74, 6) is -0.0384. The molecule has 16 heavy (non-hydrogen) atoms. The van der Waals surface area contributed by atoms with Crippen LogP contribution in [0.4, 0.5) is 5.82 Å². The average Bonchev–Trinajstić information content (AvgIpc) is 2.84. The van der Waals surface area contributed by atoms with E-state index in [1.54, 1.807) is 7.05 Å². The molecule has 2 aromatic rings. The first-order chi connectivity index (χ1) is 7.66. The zero-order valence-corrected chi connectivity index (χ0v) is 8.41. The number of nitrogens with two attached hydrogens (primary N) is 1. The number of aryl methyl sites for hydroxylation is 1. The lowest BCUT2D eigenvalue weighted by atomic mass is 10.4. The maximum absolute atomic E-state index is 11.5. The number of carbonyl (C=O) groups is 1. The van der Waals surface area contributed by atoms with Crippen LogP contribution in [0, 0.1) is 0 Å². The standard InChI is InChI=1S/C7H9N7O2/c1-14-3-10-4(11-14)2-9-7(15)5-6(8)13-16-12-5/h3H,2H2,1H3,(H2,8,13)(H,9,15). The van der Waals surface area contributed by atoms with Gasteiger partial charge in [0, 0.05) is 7.05 Å². The summed E-state index contributed by atoms with van der Waals surface area (Å²) < 4.78 is 5.84. The van der Waals surface area contributed by atoms with Gasteiger partial charge in [-0.2, -0.15) is 5.10 Å². The van der Waals surface area contributed by atoms with Gasteiger partial charge in [-0.05, 0) is 10.3 Å². The minimum atomic E-state index is -0.480. The van der Waals surface area contributed by atoms with Gasteiger partial charge in [0.25, 0.3) is 5.91 Å². The lowest BCUT2D eigenvalue weighted by Crippen LogP contribution is -2.24. The summed E-state index contributed by atoms with van der Waals surface area (Å²) in [5, 5.41) is 13.2. The Balaban J connectivity index is 1.96. The molecule has 1 amide bonds. The van der Waals surface area contributed by atoms with Crippen LogP contribution in [-0.4, -0.2) is 31.0 Å². The topological polar surface area (TPSA) is 125 Å². The Morgan fingerprint density at radius 2 is 2.44 bits per heavy atom. The van der Waals surface area contributed by atoms with Crippen LogP contribution in [-0.2, 0) is 13.6 Å². The molecule has 0 aliphatic heterocycles. The van der Waals surface area contributed by atoms with Crippen molar-refractivity contribution in [2.24, 2.45) is 7.05 Å². The molecule has 9 nitrogen and oxygen atoms in total. The number of hydrogen-bond acceptors (Lipinski definition) is 7. The first-order valence-corrected chi connectivity index (χ1v) is 4.37. The Hall–Kier alpha value is -2.45. The minimum absolute atomic E-state index is 0.0454. The monoisotopic (exact) mass is 223 g/mol. The summed E-state index contributed by atoms with van der Waals surface area (Å²) in [5.41, 5.74) is 5.31. The maximum atomic E-state index is 11.5. The number of nitrogen functional groups attached to an aromatic ring is 1. The number of rotatable bonds is 3. The molecule has 0 radical (unpaired) electrons. The Kier molecular flexibility index (Phi) is 2.50. The summed E-state index contributed by atoms with van der Waals surface area (Å²) in [7, 11) is 1.73. The first-order valence-electron chi connectivity index (χ1n) is 4.37. The predicted molar refractivity (Wildman–Crippen MR) is 50.9 cm³/mol. The third-order valence-electron chi connectivity index (χ3n) is 1.78. The van der Waals surface area contributed by atoms with E-state index in [-0.39, 0.29) is 18.1 Å². The SMILES string of the molecule is Cn1cnc(CNC(=O)c2nonc2N)n1. The van der Waals surface area contributed by atoms with Gasteiger partial charge in [-0.15, -0.1) is 0 Å². The molecule has 3 N–H and O–H groups in total. The van der Waals surface area contributed by atoms with Crippen molar-refractivity contribution in [2.45, 2.75) is 6.54 Å². The molecule has 84 valence electrons. The third-order valence-corrected chi connectivity index (χ3v) is 1.78. The highest BCUT2D eigenvalue weighted by Gasteiger charge is 2.15. The van der Waals surface area contributed by atoms with Crippen LogP contribution in [0.2, 0.25) is 0 Å². The molecule has 2 aromatic heterocycles. The van der Waals surface area contributed by atoms with E-state index in [4.69, 9.17) is 5.73 Å². The fourth-order valence-electron chi connectivity index (χ4n) is 1.06. The Labute approximate surface area is 89.6 Å². The average molecular weight is 223 g/mol. The van der Waals surface area contributed by atoms with E-state index in [0.29, 0.717) is 5.82 Å². The molecule has 0 spiro atoms. The Morgan fingerprint density at radius 3 is 3.00 bits per heavy atom. The summed E-state index contributed by atoms with van der Waals surface area (Å²) >= 11 is 0. The van der Waals surface area contributed by atoms with Gasteiger partial charge >= 0.3 is 0 Å². The number of nitrogens with one attached hydrogen (secondary N) is 1. The lowest BCUT2D eigenvalue weighted by molar-refractivity contribution is 0.0940. The highest BCUT2D eigenvalue weighted by atomic mass is 16.6. The van der Waals surface area contributed by atoms with Crippen molar-refractivity contribution < 1.29 is 9.42 Å². The predicted octanol–water partition coefficient (Wildman–Crippen LogP) is -1.29. The quantitative estimate of drug-likeness (QED) is 0.663. The van der Waals surface area contributed by atoms with E-state index in [0.717, 1.165) is 0 Å². The summed E-state index contributed by atoms with van der Waals surface area (Å²) in [4.78, 5) is 15.4. The van der Waals surface area contributed by atoms with Crippen molar-refractivity contribution >= 4 is 11.7 Å². The number of aromatic nitrogens is 5. The van der Waals surface area contributed by atoms with Crippen molar-refractivity contribution in [2.75, 3.05) is 5.73 Å². The van der Waals surface area contributed by atoms with Gasteiger partial charge in [-0.1, -0.05) is 0 Å². The van der Waals surface area contributed by atoms with E-state index in [1.165, 1.54) is 11.0 Å². The summed E-state index contributed by atoms with van der Waals surface area (Å²) in [6.07, 6.45) is 1.54. The molecule has 2 heterocycles. The van der Waals surface area contributed by atoms with E-state index in [9.17, 15) is 4.79 Å². The Morgan fingerprint density at radius 1 is 1.62 bits per heavy atom. The summed E-state index contributed by atoms with van der Waals surface area (Å²) in [6, 6.07) is 0. The Bertz CT molecular complexity index is 502. The van der Waals surface area contributed by atoms with Crippen molar-refractivity contribution in [3.8, 4) is 0 Å². The van der Waals surface area contributed by atoms with Crippen molar-refractivity contribution in [1.29, 1.82) is 0 Å². The van der Waals surface area contributed by atoms with Gasteiger partial charge in [0.15, 0.2) is 5.82 Å². The second-order valence-corrected chi connectivity index (χ2v) is 3.02. The van der Waals surface area contributed by atoms with Crippen LogP contribution < -0.4 is 11.1 Å². The molecule has 0 aliphatic rings. The molecular weight excluding hydrogens is 214 g/mol. The van der Waals surface area contributed by atoms with Gasteiger partial charge in [0.2, 0.25) is 11.5 Å². The van der Waals surface area contributed by atoms with Gasteiger partial charge in [0.1, 0.15) is 6.33 Å². The number of hydrogen-bond donors (Lipinski definition) is 2. The van der Waals surface area contributed by atoms with E-state index >= 15 is 0 Å². The second kappa shape index (κ2) is 3.96. The smallest absolute Gasteiger partial charge is 0.277 e. The molecule has 0 saturated carbocycles. The molecule has 0 unspecified atom stereocenters. The highest BCUT2D eigenvalue weighted by molar-refractivity contribution is 5.95. The number of carbonyl (C=O) groups excluding carboxylic acids is 1. The molecule has 0 fully saturated rings. The van der Waals surface area contributed by atoms with Gasteiger partial charge in [0.05, 0.1) is 6.54 Å². The number of anilines is 1. The van der Waals surface area contributed by atoms with Gasteiger partial charge in [-0.3, -0.25) is 9.48 Å². The third kappa shape index (κ3) is 1.97. The molecular formula is C7H9N7O2. The highest BCUT2D eigenvalue weighted by Crippen LogP contribution is 2.03. The van der Waals surface area contributed by atoms with Crippen LogP contribution in [0.1, 0.15) is 16.3 Å². The van der Waals surface area contributed by atoms with Crippen LogP contribution >= 0.6 is 0 Å². The fourth-order valence-corrected chi connectivity index (χ4v) is 1.06. The minimum Gasteiger partial charge on any atom is -0.379 e. The molecule has 0 aromatic carbocycles. The molecule has 0 atom stereocenters. The van der Waals surface area contributed by atoms with Crippen LogP contribution in [0.25, 0.3) is 0 Å². The molecule has 0 aliphatic carbocycles. The summed E-state index contributed by atoms with van der Waals surface area (Å²) in [6.45, 7) is 0.186. The van der Waals surface area contributed by atoms with Crippen LogP contribution in [0.3, 0.4) is 0 Å². The van der Waals surface area contributed by atoms with Gasteiger partial charge in [-0.25, -0.2) is 9.61 Å². The van der Waals surface area contributed by atoms with E-state index in [1.807, 2.05) is 0 Å². The molecule has 0 bridgehead atoms. The van der Waals surface area contributed by atoms with Gasteiger partial charge < -0.3 is 11.1 Å². The maximum Gasteiger partial charge on any atom is 0.277 e. The van der Waals surface area contributed by atoms with Crippen molar-refractivity contribution in [3.05, 3.63) is 17.8 Å².